The van der Waals surface area contributed by atoms with E-state index in [0.717, 1.165) is 5.56 Å². The monoisotopic (exact) mass is 304 g/mol. The van der Waals surface area contributed by atoms with Crippen LogP contribution in [0.3, 0.4) is 0 Å². The summed E-state index contributed by atoms with van der Waals surface area (Å²) >= 11 is 0. The average molecular weight is 304 g/mol. The van der Waals surface area contributed by atoms with E-state index in [1.807, 2.05) is 44.2 Å². The Balaban J connectivity index is 2.35. The Hall–Kier alpha value is -1.85. The van der Waals surface area contributed by atoms with E-state index < -0.39 is 10.0 Å². The minimum absolute atomic E-state index is 0.0133. The van der Waals surface area contributed by atoms with Crippen LogP contribution in [0, 0.1) is 6.92 Å². The molecule has 0 aromatic heterocycles. The van der Waals surface area contributed by atoms with Crippen LogP contribution in [-0.2, 0) is 10.0 Å². The SMILES string of the molecule is CNS(=O)(=O)c1ccccc1NC(C)c1ccccc1C. The van der Waals surface area contributed by atoms with Gasteiger partial charge in [-0.05, 0) is 44.2 Å². The van der Waals surface area contributed by atoms with Crippen molar-refractivity contribution in [3.63, 3.8) is 0 Å². The van der Waals surface area contributed by atoms with E-state index in [9.17, 15) is 8.42 Å². The molecule has 4 nitrogen and oxygen atoms in total. The standard InChI is InChI=1S/C16H20N2O2S/c1-12-8-4-5-9-14(12)13(2)18-15-10-6-7-11-16(15)21(19,20)17-3/h4-11,13,17-18H,1-3H3. The van der Waals surface area contributed by atoms with Crippen molar-refractivity contribution in [2.24, 2.45) is 0 Å². The molecule has 0 amide bonds. The molecule has 0 aliphatic heterocycles. The highest BCUT2D eigenvalue weighted by Gasteiger charge is 2.17. The molecule has 112 valence electrons. The molecule has 0 saturated carbocycles. The topological polar surface area (TPSA) is 58.2 Å². The maximum Gasteiger partial charge on any atom is 0.242 e. The van der Waals surface area contributed by atoms with Gasteiger partial charge in [-0.1, -0.05) is 36.4 Å². The number of hydrogen-bond donors (Lipinski definition) is 2. The lowest BCUT2D eigenvalue weighted by Crippen LogP contribution is -2.20. The molecule has 5 heteroatoms. The summed E-state index contributed by atoms with van der Waals surface area (Å²) < 4.78 is 26.5. The van der Waals surface area contributed by atoms with Crippen molar-refractivity contribution in [1.82, 2.24) is 4.72 Å². The molecule has 0 aliphatic carbocycles. The van der Waals surface area contributed by atoms with Crippen molar-refractivity contribution in [1.29, 1.82) is 0 Å². The van der Waals surface area contributed by atoms with Gasteiger partial charge in [-0.25, -0.2) is 13.1 Å². The first kappa shape index (κ1) is 15.5. The molecule has 0 fully saturated rings. The lowest BCUT2D eigenvalue weighted by atomic mass is 10.0. The largest absolute Gasteiger partial charge is 0.377 e. The fraction of sp³-hybridized carbons (Fsp3) is 0.250. The maximum atomic E-state index is 12.1. The molecule has 21 heavy (non-hydrogen) atoms. The van der Waals surface area contributed by atoms with E-state index in [1.165, 1.54) is 12.6 Å². The maximum absolute atomic E-state index is 12.1. The third-order valence-corrected chi connectivity index (χ3v) is 4.94. The van der Waals surface area contributed by atoms with Crippen LogP contribution in [0.4, 0.5) is 5.69 Å². The third-order valence-electron chi connectivity index (χ3n) is 3.47. The smallest absolute Gasteiger partial charge is 0.242 e. The van der Waals surface area contributed by atoms with Crippen LogP contribution in [0.2, 0.25) is 0 Å². The second-order valence-corrected chi connectivity index (χ2v) is 6.78. The number of hydrogen-bond acceptors (Lipinski definition) is 3. The van der Waals surface area contributed by atoms with Crippen LogP contribution in [0.1, 0.15) is 24.1 Å². The predicted octanol–water partition coefficient (Wildman–Crippen LogP) is 3.08. The Bertz CT molecular complexity index is 727. The average Bonchev–Trinajstić information content (AvgIpc) is 2.48. The Kier molecular flexibility index (Phi) is 4.65. The highest BCUT2D eigenvalue weighted by molar-refractivity contribution is 7.89. The Morgan fingerprint density at radius 1 is 1.00 bits per heavy atom. The Labute approximate surface area is 126 Å². The third kappa shape index (κ3) is 3.43. The fourth-order valence-corrected chi connectivity index (χ4v) is 3.21. The summed E-state index contributed by atoms with van der Waals surface area (Å²) in [4.78, 5) is 0.257. The Morgan fingerprint density at radius 3 is 2.29 bits per heavy atom. The molecular formula is C16H20N2O2S. The van der Waals surface area contributed by atoms with Gasteiger partial charge in [-0.15, -0.1) is 0 Å². The molecule has 1 atom stereocenters. The van der Waals surface area contributed by atoms with Crippen molar-refractivity contribution in [2.75, 3.05) is 12.4 Å². The van der Waals surface area contributed by atoms with Crippen LogP contribution in [0.5, 0.6) is 0 Å². The first-order valence-electron chi connectivity index (χ1n) is 6.80. The van der Waals surface area contributed by atoms with Gasteiger partial charge in [0.05, 0.1) is 5.69 Å². The van der Waals surface area contributed by atoms with Gasteiger partial charge in [0.1, 0.15) is 4.90 Å². The zero-order valence-electron chi connectivity index (χ0n) is 12.4. The van der Waals surface area contributed by atoms with Crippen molar-refractivity contribution < 1.29 is 8.42 Å². The second-order valence-electron chi connectivity index (χ2n) is 4.93. The van der Waals surface area contributed by atoms with E-state index in [2.05, 4.69) is 10.0 Å². The van der Waals surface area contributed by atoms with Gasteiger partial charge in [-0.3, -0.25) is 0 Å². The van der Waals surface area contributed by atoms with Gasteiger partial charge in [0.2, 0.25) is 10.0 Å². The summed E-state index contributed by atoms with van der Waals surface area (Å²) in [6.07, 6.45) is 0. The summed E-state index contributed by atoms with van der Waals surface area (Å²) in [7, 11) is -2.07. The quantitative estimate of drug-likeness (QED) is 0.892. The van der Waals surface area contributed by atoms with E-state index in [4.69, 9.17) is 0 Å². The van der Waals surface area contributed by atoms with Crippen LogP contribution >= 0.6 is 0 Å². The summed E-state index contributed by atoms with van der Waals surface area (Å²) in [5.74, 6) is 0. The number of para-hydroxylation sites is 1. The molecule has 2 rings (SSSR count). The van der Waals surface area contributed by atoms with Crippen LogP contribution < -0.4 is 10.0 Å². The lowest BCUT2D eigenvalue weighted by Gasteiger charge is -2.19. The van der Waals surface area contributed by atoms with Crippen LogP contribution in [0.25, 0.3) is 0 Å². The van der Waals surface area contributed by atoms with E-state index in [1.54, 1.807) is 18.2 Å². The number of nitrogens with one attached hydrogen (secondary N) is 2. The molecule has 0 radical (unpaired) electrons. The van der Waals surface area contributed by atoms with Crippen molar-refractivity contribution in [2.45, 2.75) is 24.8 Å². The summed E-state index contributed by atoms with van der Waals surface area (Å²) in [6.45, 7) is 4.06. The molecule has 0 heterocycles. The Morgan fingerprint density at radius 2 is 1.62 bits per heavy atom. The first-order valence-corrected chi connectivity index (χ1v) is 8.28. The molecule has 0 bridgehead atoms. The van der Waals surface area contributed by atoms with Gasteiger partial charge >= 0.3 is 0 Å². The highest BCUT2D eigenvalue weighted by atomic mass is 32.2. The van der Waals surface area contributed by atoms with Gasteiger partial charge < -0.3 is 5.32 Å². The summed E-state index contributed by atoms with van der Waals surface area (Å²) in [6, 6.07) is 15.0. The van der Waals surface area contributed by atoms with Crippen molar-refractivity contribution in [3.05, 3.63) is 59.7 Å². The van der Waals surface area contributed by atoms with Crippen molar-refractivity contribution >= 4 is 15.7 Å². The molecule has 2 N–H and O–H groups in total. The van der Waals surface area contributed by atoms with Gasteiger partial charge in [-0.2, -0.15) is 0 Å². The number of sulfonamides is 1. The summed E-state index contributed by atoms with van der Waals surface area (Å²) in [5, 5.41) is 3.29. The van der Waals surface area contributed by atoms with Gasteiger partial charge in [0.15, 0.2) is 0 Å². The molecule has 1 unspecified atom stereocenters. The fourth-order valence-electron chi connectivity index (χ4n) is 2.31. The normalized spacial score (nSPS) is 12.9. The zero-order chi connectivity index (χ0) is 15.5. The minimum Gasteiger partial charge on any atom is -0.377 e. The molecular weight excluding hydrogens is 284 g/mol. The highest BCUT2D eigenvalue weighted by Crippen LogP contribution is 2.26. The number of aryl methyl sites for hydroxylation is 1. The van der Waals surface area contributed by atoms with Crippen molar-refractivity contribution in [3.8, 4) is 0 Å². The van der Waals surface area contributed by atoms with Crippen LogP contribution in [0.15, 0.2) is 53.4 Å². The number of benzene rings is 2. The van der Waals surface area contributed by atoms with Gasteiger partial charge in [0.25, 0.3) is 0 Å². The van der Waals surface area contributed by atoms with Gasteiger partial charge in [0, 0.05) is 6.04 Å². The van der Waals surface area contributed by atoms with E-state index in [0.29, 0.717) is 5.69 Å². The second kappa shape index (κ2) is 6.28. The van der Waals surface area contributed by atoms with Crippen LogP contribution in [-0.4, -0.2) is 15.5 Å². The number of anilines is 1. The lowest BCUT2D eigenvalue weighted by molar-refractivity contribution is 0.588. The molecule has 0 saturated heterocycles. The molecule has 2 aromatic rings. The molecule has 2 aromatic carbocycles. The summed E-state index contributed by atoms with van der Waals surface area (Å²) in [5.41, 5.74) is 2.92. The van der Waals surface area contributed by atoms with E-state index >= 15 is 0 Å². The minimum atomic E-state index is -3.48. The predicted molar refractivity (Wildman–Crippen MR) is 85.9 cm³/mol. The zero-order valence-corrected chi connectivity index (χ0v) is 13.2. The molecule has 0 aliphatic rings. The first-order chi connectivity index (χ1) is 9.95. The molecule has 0 spiro atoms. The van der Waals surface area contributed by atoms with E-state index in [-0.39, 0.29) is 10.9 Å². The number of rotatable bonds is 5.